The number of aromatic amines is 1. The molecule has 0 aliphatic rings. The molecule has 0 saturated heterocycles. The first-order valence-corrected chi connectivity index (χ1v) is 7.01. The van der Waals surface area contributed by atoms with E-state index < -0.39 is 0 Å². The van der Waals surface area contributed by atoms with Crippen LogP contribution < -0.4 is 5.32 Å². The molecule has 1 aromatic carbocycles. The lowest BCUT2D eigenvalue weighted by Gasteiger charge is -2.14. The van der Waals surface area contributed by atoms with Gasteiger partial charge in [0.05, 0.1) is 6.42 Å². The average molecular weight is 258 g/mol. The molecule has 1 amide bonds. The number of carbonyl (C=O) groups excluding carboxylic acids is 1. The van der Waals surface area contributed by atoms with Crippen molar-refractivity contribution in [3.63, 3.8) is 0 Å². The van der Waals surface area contributed by atoms with Crippen molar-refractivity contribution in [3.05, 3.63) is 35.5 Å². The average Bonchev–Trinajstić information content (AvgIpc) is 2.72. The van der Waals surface area contributed by atoms with Crippen molar-refractivity contribution in [2.24, 2.45) is 0 Å². The molecule has 19 heavy (non-hydrogen) atoms. The van der Waals surface area contributed by atoms with Crippen LogP contribution in [0.3, 0.4) is 0 Å². The highest BCUT2D eigenvalue weighted by Crippen LogP contribution is 2.22. The van der Waals surface area contributed by atoms with Gasteiger partial charge in [-0.2, -0.15) is 0 Å². The maximum Gasteiger partial charge on any atom is 0.224 e. The SMILES string of the molecule is CCC(CC)NC(=O)Cc1c(C)[nH]c2ccccc12. The Bertz CT molecular complexity index is 567. The lowest BCUT2D eigenvalue weighted by molar-refractivity contribution is -0.121. The Morgan fingerprint density at radius 1 is 1.26 bits per heavy atom. The number of carbonyl (C=O) groups is 1. The Morgan fingerprint density at radius 3 is 2.63 bits per heavy atom. The van der Waals surface area contributed by atoms with Crippen molar-refractivity contribution in [2.45, 2.75) is 46.1 Å². The summed E-state index contributed by atoms with van der Waals surface area (Å²) in [4.78, 5) is 15.4. The number of H-pyrrole nitrogens is 1. The minimum absolute atomic E-state index is 0.113. The summed E-state index contributed by atoms with van der Waals surface area (Å²) < 4.78 is 0. The molecular weight excluding hydrogens is 236 g/mol. The number of amides is 1. The molecule has 2 N–H and O–H groups in total. The highest BCUT2D eigenvalue weighted by molar-refractivity contribution is 5.90. The second kappa shape index (κ2) is 5.91. The highest BCUT2D eigenvalue weighted by atomic mass is 16.1. The predicted octanol–water partition coefficient (Wildman–Crippen LogP) is 3.32. The van der Waals surface area contributed by atoms with Gasteiger partial charge in [0.1, 0.15) is 0 Å². The molecule has 2 rings (SSSR count). The van der Waals surface area contributed by atoms with Gasteiger partial charge in [0.25, 0.3) is 0 Å². The smallest absolute Gasteiger partial charge is 0.224 e. The first kappa shape index (κ1) is 13.7. The number of aryl methyl sites for hydroxylation is 1. The van der Waals surface area contributed by atoms with E-state index in [1.165, 1.54) is 0 Å². The van der Waals surface area contributed by atoms with Crippen LogP contribution in [0.2, 0.25) is 0 Å². The van der Waals surface area contributed by atoms with Crippen LogP contribution in [-0.4, -0.2) is 16.9 Å². The summed E-state index contributed by atoms with van der Waals surface area (Å²) >= 11 is 0. The van der Waals surface area contributed by atoms with Gasteiger partial charge in [-0.3, -0.25) is 4.79 Å². The minimum Gasteiger partial charge on any atom is -0.358 e. The third-order valence-electron chi connectivity index (χ3n) is 3.72. The summed E-state index contributed by atoms with van der Waals surface area (Å²) in [7, 11) is 0. The van der Waals surface area contributed by atoms with Gasteiger partial charge in [0.15, 0.2) is 0 Å². The van der Waals surface area contributed by atoms with Gasteiger partial charge >= 0.3 is 0 Å². The van der Waals surface area contributed by atoms with E-state index in [0.29, 0.717) is 6.42 Å². The molecule has 2 aromatic rings. The van der Waals surface area contributed by atoms with E-state index in [0.717, 1.165) is 35.0 Å². The maximum absolute atomic E-state index is 12.1. The van der Waals surface area contributed by atoms with E-state index in [2.05, 4.69) is 30.2 Å². The number of para-hydroxylation sites is 1. The van der Waals surface area contributed by atoms with Crippen molar-refractivity contribution in [3.8, 4) is 0 Å². The van der Waals surface area contributed by atoms with Gasteiger partial charge in [0.2, 0.25) is 5.91 Å². The molecule has 0 saturated carbocycles. The zero-order valence-electron chi connectivity index (χ0n) is 11.9. The van der Waals surface area contributed by atoms with E-state index >= 15 is 0 Å². The molecule has 0 aliphatic carbocycles. The van der Waals surface area contributed by atoms with E-state index in [4.69, 9.17) is 0 Å². The maximum atomic E-state index is 12.1. The van der Waals surface area contributed by atoms with Crippen molar-refractivity contribution >= 4 is 16.8 Å². The molecule has 3 heteroatoms. The van der Waals surface area contributed by atoms with Gasteiger partial charge in [-0.15, -0.1) is 0 Å². The molecule has 0 bridgehead atoms. The Labute approximate surface area is 114 Å². The fourth-order valence-corrected chi connectivity index (χ4v) is 2.49. The van der Waals surface area contributed by atoms with Gasteiger partial charge < -0.3 is 10.3 Å². The monoisotopic (exact) mass is 258 g/mol. The topological polar surface area (TPSA) is 44.9 Å². The summed E-state index contributed by atoms with van der Waals surface area (Å²) in [6.45, 7) is 6.23. The molecular formula is C16H22N2O. The molecule has 0 radical (unpaired) electrons. The Hall–Kier alpha value is -1.77. The predicted molar refractivity (Wildman–Crippen MR) is 79.3 cm³/mol. The van der Waals surface area contributed by atoms with Crippen LogP contribution in [0, 0.1) is 6.92 Å². The first-order valence-electron chi connectivity index (χ1n) is 7.01. The molecule has 0 atom stereocenters. The van der Waals surface area contributed by atoms with Gasteiger partial charge in [0, 0.05) is 22.6 Å². The van der Waals surface area contributed by atoms with E-state index in [1.54, 1.807) is 0 Å². The summed E-state index contributed by atoms with van der Waals surface area (Å²) in [5.74, 6) is 0.113. The Morgan fingerprint density at radius 2 is 1.95 bits per heavy atom. The fourth-order valence-electron chi connectivity index (χ4n) is 2.49. The lowest BCUT2D eigenvalue weighted by atomic mass is 10.1. The molecule has 1 heterocycles. The molecule has 3 nitrogen and oxygen atoms in total. The molecule has 0 spiro atoms. The molecule has 0 fully saturated rings. The summed E-state index contributed by atoms with van der Waals surface area (Å²) in [6, 6.07) is 8.42. The van der Waals surface area contributed by atoms with Gasteiger partial charge in [-0.1, -0.05) is 32.0 Å². The summed E-state index contributed by atoms with van der Waals surface area (Å²) in [5, 5.41) is 4.25. The lowest BCUT2D eigenvalue weighted by Crippen LogP contribution is -2.34. The van der Waals surface area contributed by atoms with E-state index in [-0.39, 0.29) is 11.9 Å². The quantitative estimate of drug-likeness (QED) is 0.849. The standard InChI is InChI=1S/C16H22N2O/c1-4-12(5-2)18-16(19)10-14-11(3)17-15-9-7-6-8-13(14)15/h6-9,12,17H,4-5,10H2,1-3H3,(H,18,19). The Balaban J connectivity index is 2.17. The van der Waals surface area contributed by atoms with Crippen LogP contribution in [0.1, 0.15) is 37.9 Å². The summed E-state index contributed by atoms with van der Waals surface area (Å²) in [5.41, 5.74) is 3.30. The molecule has 0 unspecified atom stereocenters. The van der Waals surface area contributed by atoms with Crippen molar-refractivity contribution in [1.82, 2.24) is 10.3 Å². The van der Waals surface area contributed by atoms with Crippen molar-refractivity contribution < 1.29 is 4.79 Å². The van der Waals surface area contributed by atoms with Crippen LogP contribution in [-0.2, 0) is 11.2 Å². The zero-order valence-corrected chi connectivity index (χ0v) is 11.9. The molecule has 0 aliphatic heterocycles. The van der Waals surface area contributed by atoms with E-state index in [1.807, 2.05) is 25.1 Å². The number of hydrogen-bond acceptors (Lipinski definition) is 1. The normalized spacial score (nSPS) is 11.2. The number of nitrogens with one attached hydrogen (secondary N) is 2. The third-order valence-corrected chi connectivity index (χ3v) is 3.72. The largest absolute Gasteiger partial charge is 0.358 e. The second-order valence-electron chi connectivity index (χ2n) is 5.03. The highest BCUT2D eigenvalue weighted by Gasteiger charge is 2.14. The molecule has 1 aromatic heterocycles. The first-order chi connectivity index (χ1) is 9.15. The van der Waals surface area contributed by atoms with Gasteiger partial charge in [-0.25, -0.2) is 0 Å². The number of hydrogen-bond donors (Lipinski definition) is 2. The third kappa shape index (κ3) is 2.98. The Kier molecular flexibility index (Phi) is 4.25. The zero-order chi connectivity index (χ0) is 13.8. The van der Waals surface area contributed by atoms with Crippen LogP contribution in [0.25, 0.3) is 10.9 Å². The van der Waals surface area contributed by atoms with Crippen molar-refractivity contribution in [2.75, 3.05) is 0 Å². The number of aromatic nitrogens is 1. The number of rotatable bonds is 5. The van der Waals surface area contributed by atoms with E-state index in [9.17, 15) is 4.79 Å². The second-order valence-corrected chi connectivity index (χ2v) is 5.03. The van der Waals surface area contributed by atoms with Crippen LogP contribution in [0.15, 0.2) is 24.3 Å². The fraction of sp³-hybridized carbons (Fsp3) is 0.438. The van der Waals surface area contributed by atoms with Crippen LogP contribution in [0.4, 0.5) is 0 Å². The minimum atomic E-state index is 0.113. The van der Waals surface area contributed by atoms with Crippen LogP contribution >= 0.6 is 0 Å². The summed E-state index contributed by atoms with van der Waals surface area (Å²) in [6.07, 6.45) is 2.41. The number of benzene rings is 1. The number of fused-ring (bicyclic) bond motifs is 1. The van der Waals surface area contributed by atoms with Crippen molar-refractivity contribution in [1.29, 1.82) is 0 Å². The van der Waals surface area contributed by atoms with Crippen LogP contribution in [0.5, 0.6) is 0 Å². The van der Waals surface area contributed by atoms with Gasteiger partial charge in [-0.05, 0) is 31.4 Å². The molecule has 102 valence electrons.